The average Bonchev–Trinajstić information content (AvgIpc) is 2.60. The summed E-state index contributed by atoms with van der Waals surface area (Å²) < 4.78 is 46.3. The molecule has 1 unspecified atom stereocenters. The molecule has 6 heteroatoms. The molecule has 0 aliphatic carbocycles. The maximum absolute atomic E-state index is 14.0. The number of ether oxygens (including phenoxy) is 1. The van der Waals surface area contributed by atoms with Crippen molar-refractivity contribution >= 4 is 16.1 Å². The summed E-state index contributed by atoms with van der Waals surface area (Å²) in [5.74, 6) is -0.443. The summed E-state index contributed by atoms with van der Waals surface area (Å²) in [5, 5.41) is 1.09. The van der Waals surface area contributed by atoms with E-state index < -0.39 is 21.4 Å². The Labute approximate surface area is 148 Å². The highest BCUT2D eigenvalue weighted by molar-refractivity contribution is 7.92. The van der Waals surface area contributed by atoms with Crippen molar-refractivity contribution in [1.29, 1.82) is 0 Å². The first-order valence-electron chi connectivity index (χ1n) is 7.80. The number of aryl methyl sites for hydroxylation is 1. The molecule has 1 N–H and O–H groups in total. The lowest BCUT2D eigenvalue weighted by Gasteiger charge is -2.29. The number of sulfonamides is 1. The first-order chi connectivity index (χ1) is 11.8. The maximum Gasteiger partial charge on any atom is 0.233 e. The first kappa shape index (κ1) is 19.3. The zero-order valence-electron chi connectivity index (χ0n) is 14.5. The predicted molar refractivity (Wildman–Crippen MR) is 97.9 cm³/mol. The van der Waals surface area contributed by atoms with E-state index in [-0.39, 0.29) is 6.54 Å². The highest BCUT2D eigenvalue weighted by Crippen LogP contribution is 2.26. The quantitative estimate of drug-likeness (QED) is 0.818. The number of hydrogen-bond acceptors (Lipinski definition) is 3. The number of methoxy groups -OCH3 is 1. The lowest BCUT2D eigenvalue weighted by atomic mass is 9.95. The molecule has 0 spiro atoms. The third-order valence-electron chi connectivity index (χ3n) is 4.02. The molecule has 4 nitrogen and oxygen atoms in total. The van der Waals surface area contributed by atoms with E-state index in [1.54, 1.807) is 25.1 Å². The molecule has 0 aliphatic heterocycles. The molecular formula is C19H22FNO3S. The van der Waals surface area contributed by atoms with Crippen LogP contribution in [0.5, 0.6) is 0 Å². The van der Waals surface area contributed by atoms with Crippen LogP contribution in [0.3, 0.4) is 0 Å². The number of rotatable bonds is 7. The van der Waals surface area contributed by atoms with Gasteiger partial charge < -0.3 is 4.74 Å². The van der Waals surface area contributed by atoms with E-state index in [0.717, 1.165) is 16.5 Å². The summed E-state index contributed by atoms with van der Waals surface area (Å²) in [4.78, 5) is 0. The molecule has 2 rings (SSSR count). The van der Waals surface area contributed by atoms with Crippen molar-refractivity contribution in [2.45, 2.75) is 19.4 Å². The van der Waals surface area contributed by atoms with Crippen LogP contribution in [0.2, 0.25) is 0 Å². The highest BCUT2D eigenvalue weighted by atomic mass is 32.2. The highest BCUT2D eigenvalue weighted by Gasteiger charge is 2.30. The second kappa shape index (κ2) is 7.91. The van der Waals surface area contributed by atoms with Gasteiger partial charge in [0, 0.05) is 24.6 Å². The number of benzene rings is 2. The molecule has 0 bridgehead atoms. The largest absolute Gasteiger partial charge is 0.372 e. The summed E-state index contributed by atoms with van der Waals surface area (Å²) in [6, 6.07) is 13.6. The van der Waals surface area contributed by atoms with E-state index in [2.05, 4.69) is 4.72 Å². The Balaban J connectivity index is 2.12. The zero-order chi connectivity index (χ0) is 18.5. The molecule has 134 valence electrons. The monoisotopic (exact) mass is 363 g/mol. The van der Waals surface area contributed by atoms with E-state index in [1.165, 1.54) is 19.3 Å². The molecule has 0 heterocycles. The van der Waals surface area contributed by atoms with Crippen molar-refractivity contribution in [3.05, 3.63) is 76.4 Å². The van der Waals surface area contributed by atoms with Crippen molar-refractivity contribution in [1.82, 2.24) is 4.72 Å². The second-order valence-corrected chi connectivity index (χ2v) is 7.65. The molecule has 1 atom stereocenters. The average molecular weight is 363 g/mol. The minimum Gasteiger partial charge on any atom is -0.372 e. The van der Waals surface area contributed by atoms with Crippen LogP contribution in [0.4, 0.5) is 4.39 Å². The second-order valence-electron chi connectivity index (χ2n) is 5.99. The molecule has 0 saturated carbocycles. The van der Waals surface area contributed by atoms with Gasteiger partial charge in [-0.2, -0.15) is 0 Å². The van der Waals surface area contributed by atoms with Gasteiger partial charge in [0.1, 0.15) is 11.4 Å². The van der Waals surface area contributed by atoms with E-state index in [1.807, 2.05) is 31.2 Å². The molecule has 2 aromatic carbocycles. The molecule has 0 radical (unpaired) electrons. The third kappa shape index (κ3) is 5.22. The summed E-state index contributed by atoms with van der Waals surface area (Å²) in [5.41, 5.74) is 1.05. The van der Waals surface area contributed by atoms with Crippen molar-refractivity contribution < 1.29 is 17.5 Å². The maximum atomic E-state index is 14.0. The van der Waals surface area contributed by atoms with Gasteiger partial charge in [-0.3, -0.25) is 0 Å². The number of nitrogens with one attached hydrogen (secondary N) is 1. The van der Waals surface area contributed by atoms with Gasteiger partial charge in [0.05, 0.1) is 0 Å². The van der Waals surface area contributed by atoms with Crippen LogP contribution in [-0.4, -0.2) is 22.1 Å². The minimum absolute atomic E-state index is 0.0923. The summed E-state index contributed by atoms with van der Waals surface area (Å²) in [6.07, 6.45) is 1.51. The Bertz CT molecular complexity index is 847. The lowest BCUT2D eigenvalue weighted by Crippen LogP contribution is -2.40. The fourth-order valence-corrected chi connectivity index (χ4v) is 3.21. The fraction of sp³-hybridized carbons (Fsp3) is 0.263. The summed E-state index contributed by atoms with van der Waals surface area (Å²) in [7, 11) is -2.27. The Morgan fingerprint density at radius 2 is 1.80 bits per heavy atom. The molecule has 0 aliphatic rings. The Morgan fingerprint density at radius 3 is 2.40 bits per heavy atom. The normalized spacial score (nSPS) is 14.6. The van der Waals surface area contributed by atoms with Gasteiger partial charge in [0.25, 0.3) is 0 Å². The van der Waals surface area contributed by atoms with Crippen molar-refractivity contribution in [2.75, 3.05) is 13.7 Å². The van der Waals surface area contributed by atoms with Crippen LogP contribution < -0.4 is 4.72 Å². The van der Waals surface area contributed by atoms with Crippen LogP contribution in [0.1, 0.15) is 23.6 Å². The predicted octanol–water partition coefficient (Wildman–Crippen LogP) is 3.59. The SMILES string of the molecule is COC(C)(CNS(=O)(=O)C=Cc1ccc(C)cc1)c1ccccc1F. The van der Waals surface area contributed by atoms with Crippen molar-refractivity contribution in [2.24, 2.45) is 0 Å². The van der Waals surface area contributed by atoms with Gasteiger partial charge in [0.15, 0.2) is 0 Å². The molecular weight excluding hydrogens is 341 g/mol. The van der Waals surface area contributed by atoms with Gasteiger partial charge >= 0.3 is 0 Å². The minimum atomic E-state index is -3.69. The zero-order valence-corrected chi connectivity index (χ0v) is 15.3. The standard InChI is InChI=1S/C19H22FNO3S/c1-15-8-10-16(11-9-15)12-13-25(22,23)21-14-19(2,24-3)17-6-4-5-7-18(17)20/h4-13,21H,14H2,1-3H3. The van der Waals surface area contributed by atoms with Gasteiger partial charge in [0.2, 0.25) is 10.0 Å². The number of halogens is 1. The van der Waals surface area contributed by atoms with Gasteiger partial charge in [-0.05, 0) is 31.6 Å². The Morgan fingerprint density at radius 1 is 1.16 bits per heavy atom. The number of hydrogen-bond donors (Lipinski definition) is 1. The van der Waals surface area contributed by atoms with Crippen LogP contribution in [0, 0.1) is 12.7 Å². The Hall–Kier alpha value is -2.02. The van der Waals surface area contributed by atoms with Crippen LogP contribution in [0.15, 0.2) is 53.9 Å². The molecule has 0 amide bonds. The lowest BCUT2D eigenvalue weighted by molar-refractivity contribution is 0.00416. The van der Waals surface area contributed by atoms with E-state index in [4.69, 9.17) is 4.74 Å². The smallest absolute Gasteiger partial charge is 0.233 e. The fourth-order valence-electron chi connectivity index (χ4n) is 2.30. The molecule has 0 aromatic heterocycles. The van der Waals surface area contributed by atoms with E-state index in [9.17, 15) is 12.8 Å². The first-order valence-corrected chi connectivity index (χ1v) is 9.35. The van der Waals surface area contributed by atoms with Crippen molar-refractivity contribution in [3.63, 3.8) is 0 Å². The van der Waals surface area contributed by atoms with Crippen molar-refractivity contribution in [3.8, 4) is 0 Å². The molecule has 0 saturated heterocycles. The molecule has 0 fully saturated rings. The van der Waals surface area contributed by atoms with Gasteiger partial charge in [-0.15, -0.1) is 0 Å². The van der Waals surface area contributed by atoms with E-state index >= 15 is 0 Å². The van der Waals surface area contributed by atoms with Crippen LogP contribution >= 0.6 is 0 Å². The molecule has 25 heavy (non-hydrogen) atoms. The van der Waals surface area contributed by atoms with Crippen LogP contribution in [-0.2, 0) is 20.4 Å². The van der Waals surface area contributed by atoms with Gasteiger partial charge in [-0.25, -0.2) is 17.5 Å². The Kier molecular flexibility index (Phi) is 6.11. The van der Waals surface area contributed by atoms with Gasteiger partial charge in [-0.1, -0.05) is 48.0 Å². The third-order valence-corrected chi connectivity index (χ3v) is 5.06. The summed E-state index contributed by atoms with van der Waals surface area (Å²) in [6.45, 7) is 3.50. The topological polar surface area (TPSA) is 55.4 Å². The summed E-state index contributed by atoms with van der Waals surface area (Å²) >= 11 is 0. The van der Waals surface area contributed by atoms with Crippen LogP contribution in [0.25, 0.3) is 6.08 Å². The molecule has 2 aromatic rings. The van der Waals surface area contributed by atoms with E-state index in [0.29, 0.717) is 5.56 Å².